The molecule has 1 aromatic heterocycles. The zero-order valence-corrected chi connectivity index (χ0v) is 13.1. The normalized spacial score (nSPS) is 10.8. The topological polar surface area (TPSA) is 25.2 Å². The number of benzene rings is 2. The van der Waals surface area contributed by atoms with E-state index in [4.69, 9.17) is 4.42 Å². The highest BCUT2D eigenvalue weighted by molar-refractivity contribution is 5.86. The molecule has 3 rings (SSSR count). The minimum absolute atomic E-state index is 0.810. The van der Waals surface area contributed by atoms with E-state index in [1.165, 1.54) is 16.7 Å². The molecule has 3 aromatic rings. The maximum Gasteiger partial charge on any atom is 0.150 e. The van der Waals surface area contributed by atoms with Crippen molar-refractivity contribution in [3.8, 4) is 11.1 Å². The number of fused-ring (bicyclic) bond motifs is 1. The molecule has 0 atom stereocenters. The molecule has 0 spiro atoms. The van der Waals surface area contributed by atoms with E-state index in [9.17, 15) is 0 Å². The van der Waals surface area contributed by atoms with Crippen LogP contribution in [-0.2, 0) is 0 Å². The van der Waals surface area contributed by atoms with Crippen LogP contribution in [0.3, 0.4) is 0 Å². The molecule has 22 heavy (non-hydrogen) atoms. The molecule has 2 heteroatoms. The largest absolute Gasteiger partial charge is 0.455 e. The van der Waals surface area contributed by atoms with Crippen molar-refractivity contribution in [2.45, 2.75) is 20.3 Å². The molecule has 1 N–H and O–H groups in total. The SMILES string of the molecule is C=C(NCCC)c1cc2cc(-c3cccc(C)c3)ccc2o1. The zero-order chi connectivity index (χ0) is 15.5. The van der Waals surface area contributed by atoms with Gasteiger partial charge in [0.05, 0.1) is 5.70 Å². The van der Waals surface area contributed by atoms with Crippen molar-refractivity contribution in [1.29, 1.82) is 0 Å². The molecular weight excluding hydrogens is 270 g/mol. The Bertz CT molecular complexity index is 813. The summed E-state index contributed by atoms with van der Waals surface area (Å²) in [5.74, 6) is 0.810. The van der Waals surface area contributed by atoms with Crippen LogP contribution in [0.5, 0.6) is 0 Å². The standard InChI is InChI=1S/C20H21NO/c1-4-10-21-15(3)20-13-18-12-17(8-9-19(18)22-20)16-7-5-6-14(2)11-16/h5-9,11-13,21H,3-4,10H2,1-2H3. The Balaban J connectivity index is 1.95. The van der Waals surface area contributed by atoms with Gasteiger partial charge >= 0.3 is 0 Å². The first-order valence-corrected chi connectivity index (χ1v) is 7.71. The molecule has 0 radical (unpaired) electrons. The Morgan fingerprint density at radius 3 is 2.68 bits per heavy atom. The summed E-state index contributed by atoms with van der Waals surface area (Å²) < 4.78 is 5.88. The van der Waals surface area contributed by atoms with E-state index in [1.54, 1.807) is 0 Å². The summed E-state index contributed by atoms with van der Waals surface area (Å²) in [5.41, 5.74) is 5.44. The van der Waals surface area contributed by atoms with Gasteiger partial charge < -0.3 is 9.73 Å². The third kappa shape index (κ3) is 2.91. The van der Waals surface area contributed by atoms with Crippen molar-refractivity contribution in [1.82, 2.24) is 5.32 Å². The van der Waals surface area contributed by atoms with Crippen molar-refractivity contribution in [3.63, 3.8) is 0 Å². The first kappa shape index (κ1) is 14.5. The summed E-state index contributed by atoms with van der Waals surface area (Å²) in [5, 5.41) is 4.38. The second kappa shape index (κ2) is 6.10. The summed E-state index contributed by atoms with van der Waals surface area (Å²) in [4.78, 5) is 0. The lowest BCUT2D eigenvalue weighted by Crippen LogP contribution is -2.11. The predicted octanol–water partition coefficient (Wildman–Crippen LogP) is 5.38. The highest BCUT2D eigenvalue weighted by Gasteiger charge is 2.08. The Labute approximate surface area is 131 Å². The van der Waals surface area contributed by atoms with Gasteiger partial charge in [-0.3, -0.25) is 0 Å². The molecular formula is C20H21NO. The van der Waals surface area contributed by atoms with E-state index >= 15 is 0 Å². The van der Waals surface area contributed by atoms with Crippen LogP contribution in [0.15, 0.2) is 59.5 Å². The van der Waals surface area contributed by atoms with Crippen molar-refractivity contribution in [2.75, 3.05) is 6.54 Å². The van der Waals surface area contributed by atoms with Gasteiger partial charge in [0.1, 0.15) is 5.58 Å². The number of hydrogen-bond acceptors (Lipinski definition) is 2. The minimum Gasteiger partial charge on any atom is -0.455 e. The van der Waals surface area contributed by atoms with Gasteiger partial charge in [-0.15, -0.1) is 0 Å². The number of furan rings is 1. The van der Waals surface area contributed by atoms with Crippen LogP contribution in [0.1, 0.15) is 24.7 Å². The Morgan fingerprint density at radius 2 is 1.91 bits per heavy atom. The molecule has 0 aliphatic heterocycles. The molecule has 0 saturated carbocycles. The van der Waals surface area contributed by atoms with Gasteiger partial charge in [0.25, 0.3) is 0 Å². The molecule has 0 bridgehead atoms. The lowest BCUT2D eigenvalue weighted by molar-refractivity contribution is 0.591. The lowest BCUT2D eigenvalue weighted by Gasteiger charge is -2.03. The summed E-state index contributed by atoms with van der Waals surface area (Å²) in [6.45, 7) is 9.20. The molecule has 0 amide bonds. The number of aryl methyl sites for hydroxylation is 1. The maximum absolute atomic E-state index is 5.88. The fourth-order valence-corrected chi connectivity index (χ4v) is 2.56. The minimum atomic E-state index is 0.810. The molecule has 0 unspecified atom stereocenters. The highest BCUT2D eigenvalue weighted by atomic mass is 16.3. The second-order valence-electron chi connectivity index (χ2n) is 5.64. The van der Waals surface area contributed by atoms with Crippen LogP contribution in [-0.4, -0.2) is 6.54 Å². The maximum atomic E-state index is 5.88. The third-order valence-corrected chi connectivity index (χ3v) is 3.75. The van der Waals surface area contributed by atoms with Crippen molar-refractivity contribution in [3.05, 3.63) is 66.4 Å². The number of rotatable bonds is 5. The summed E-state index contributed by atoms with van der Waals surface area (Å²) >= 11 is 0. The van der Waals surface area contributed by atoms with Gasteiger partial charge in [-0.2, -0.15) is 0 Å². The van der Waals surface area contributed by atoms with Gasteiger partial charge in [-0.25, -0.2) is 0 Å². The molecule has 1 heterocycles. The monoisotopic (exact) mass is 291 g/mol. The summed E-state index contributed by atoms with van der Waals surface area (Å²) in [7, 11) is 0. The fourth-order valence-electron chi connectivity index (χ4n) is 2.56. The molecule has 0 aliphatic rings. The van der Waals surface area contributed by atoms with Crippen LogP contribution in [0.25, 0.3) is 27.8 Å². The average molecular weight is 291 g/mol. The van der Waals surface area contributed by atoms with Gasteiger partial charge in [-0.1, -0.05) is 49.4 Å². The Kier molecular flexibility index (Phi) is 4.01. The van der Waals surface area contributed by atoms with Gasteiger partial charge in [0, 0.05) is 11.9 Å². The van der Waals surface area contributed by atoms with E-state index in [0.29, 0.717) is 0 Å². The van der Waals surface area contributed by atoms with Gasteiger partial charge in [0.2, 0.25) is 0 Å². The van der Waals surface area contributed by atoms with Crippen molar-refractivity contribution in [2.24, 2.45) is 0 Å². The third-order valence-electron chi connectivity index (χ3n) is 3.75. The van der Waals surface area contributed by atoms with E-state index in [2.05, 4.69) is 68.2 Å². The molecule has 112 valence electrons. The second-order valence-corrected chi connectivity index (χ2v) is 5.64. The van der Waals surface area contributed by atoms with Gasteiger partial charge in [0.15, 0.2) is 5.76 Å². The molecule has 0 saturated heterocycles. The molecule has 0 fully saturated rings. The zero-order valence-electron chi connectivity index (χ0n) is 13.1. The smallest absolute Gasteiger partial charge is 0.150 e. The average Bonchev–Trinajstić information content (AvgIpc) is 2.95. The predicted molar refractivity (Wildman–Crippen MR) is 93.7 cm³/mol. The van der Waals surface area contributed by atoms with Crippen LogP contribution in [0, 0.1) is 6.92 Å². The summed E-state index contributed by atoms with van der Waals surface area (Å²) in [6.07, 6.45) is 1.07. The number of nitrogens with one attached hydrogen (secondary N) is 1. The van der Waals surface area contributed by atoms with Crippen LogP contribution < -0.4 is 5.32 Å². The van der Waals surface area contributed by atoms with Crippen molar-refractivity contribution < 1.29 is 4.42 Å². The first-order valence-electron chi connectivity index (χ1n) is 7.71. The lowest BCUT2D eigenvalue weighted by atomic mass is 10.0. The van der Waals surface area contributed by atoms with E-state index in [0.717, 1.165) is 35.4 Å². The summed E-state index contributed by atoms with van der Waals surface area (Å²) in [6, 6.07) is 16.9. The van der Waals surface area contributed by atoms with Gasteiger partial charge in [-0.05, 0) is 42.7 Å². The Hall–Kier alpha value is -2.48. The first-order chi connectivity index (χ1) is 10.7. The molecule has 2 aromatic carbocycles. The Morgan fingerprint density at radius 1 is 1.09 bits per heavy atom. The quantitative estimate of drug-likeness (QED) is 0.683. The van der Waals surface area contributed by atoms with E-state index in [-0.39, 0.29) is 0 Å². The fraction of sp³-hybridized carbons (Fsp3) is 0.200. The van der Waals surface area contributed by atoms with Crippen LogP contribution >= 0.6 is 0 Å². The molecule has 2 nitrogen and oxygen atoms in total. The van der Waals surface area contributed by atoms with Crippen LogP contribution in [0.4, 0.5) is 0 Å². The van der Waals surface area contributed by atoms with E-state index < -0.39 is 0 Å². The van der Waals surface area contributed by atoms with Crippen LogP contribution in [0.2, 0.25) is 0 Å². The molecule has 0 aliphatic carbocycles. The van der Waals surface area contributed by atoms with Crippen molar-refractivity contribution >= 4 is 16.7 Å². The van der Waals surface area contributed by atoms with E-state index in [1.807, 2.05) is 6.07 Å². The number of hydrogen-bond donors (Lipinski definition) is 1. The highest BCUT2D eigenvalue weighted by Crippen LogP contribution is 2.28.